The number of pyridine rings is 1. The van der Waals surface area contributed by atoms with Crippen molar-refractivity contribution < 1.29 is 14.6 Å². The van der Waals surface area contributed by atoms with Gasteiger partial charge in [0.05, 0.1) is 11.3 Å². The van der Waals surface area contributed by atoms with E-state index in [-0.39, 0.29) is 5.56 Å². The van der Waals surface area contributed by atoms with Crippen molar-refractivity contribution in [2.24, 2.45) is 0 Å². The van der Waals surface area contributed by atoms with Crippen LogP contribution in [0.15, 0.2) is 42.7 Å². The second-order valence-electron chi connectivity index (χ2n) is 5.96. The molecule has 24 heavy (non-hydrogen) atoms. The van der Waals surface area contributed by atoms with Gasteiger partial charge >= 0.3 is 5.97 Å². The van der Waals surface area contributed by atoms with Gasteiger partial charge < -0.3 is 20.1 Å². The molecule has 0 radical (unpaired) electrons. The summed E-state index contributed by atoms with van der Waals surface area (Å²) in [5, 5.41) is 13.3. The summed E-state index contributed by atoms with van der Waals surface area (Å²) < 4.78 is 5.88. The van der Waals surface area contributed by atoms with Crippen LogP contribution in [0, 0.1) is 0 Å². The van der Waals surface area contributed by atoms with Crippen molar-refractivity contribution in [2.45, 2.75) is 25.4 Å². The summed E-state index contributed by atoms with van der Waals surface area (Å²) in [6.07, 6.45) is 5.68. The van der Waals surface area contributed by atoms with Crippen molar-refractivity contribution in [3.8, 4) is 11.5 Å². The summed E-state index contributed by atoms with van der Waals surface area (Å²) in [4.78, 5) is 18.5. The van der Waals surface area contributed by atoms with Crippen LogP contribution in [0.25, 0.3) is 10.9 Å². The maximum absolute atomic E-state index is 11.2. The van der Waals surface area contributed by atoms with E-state index >= 15 is 0 Å². The zero-order valence-electron chi connectivity index (χ0n) is 13.0. The second kappa shape index (κ2) is 5.98. The maximum atomic E-state index is 11.2. The maximum Gasteiger partial charge on any atom is 0.337 e. The number of hydrogen-bond donors (Lipinski definition) is 3. The Hall–Kier alpha value is -2.86. The largest absolute Gasteiger partial charge is 0.478 e. The average Bonchev–Trinajstić information content (AvgIpc) is 3.31. The van der Waals surface area contributed by atoms with Gasteiger partial charge in [0, 0.05) is 41.9 Å². The third-order valence-corrected chi connectivity index (χ3v) is 4.06. The van der Waals surface area contributed by atoms with Gasteiger partial charge in [-0.25, -0.2) is 4.79 Å². The van der Waals surface area contributed by atoms with Crippen LogP contribution in [-0.2, 0) is 6.54 Å². The highest BCUT2D eigenvalue weighted by atomic mass is 16.5. The molecule has 0 amide bonds. The standard InChI is InChI=1S/C18H17N3O3/c22-18(23)16-10-21-17-4-3-13(8-15(16)17)24-14-5-6-19-12(7-14)9-20-11-1-2-11/h3-8,10-11,20-21H,1-2,9H2,(H,22,23). The summed E-state index contributed by atoms with van der Waals surface area (Å²) in [5.74, 6) is 0.317. The molecule has 1 saturated carbocycles. The number of carboxylic acid groups (broad SMARTS) is 1. The van der Waals surface area contributed by atoms with E-state index in [1.165, 1.54) is 19.0 Å². The minimum atomic E-state index is -0.962. The molecule has 3 aromatic rings. The smallest absolute Gasteiger partial charge is 0.337 e. The van der Waals surface area contributed by atoms with Gasteiger partial charge in [-0.1, -0.05) is 0 Å². The third kappa shape index (κ3) is 3.09. The molecular formula is C18H17N3O3. The number of carboxylic acids is 1. The van der Waals surface area contributed by atoms with Gasteiger partial charge in [-0.05, 0) is 37.1 Å². The second-order valence-corrected chi connectivity index (χ2v) is 5.96. The van der Waals surface area contributed by atoms with Crippen LogP contribution in [0.1, 0.15) is 28.9 Å². The molecule has 122 valence electrons. The van der Waals surface area contributed by atoms with Crippen LogP contribution in [-0.4, -0.2) is 27.1 Å². The number of aromatic amines is 1. The summed E-state index contributed by atoms with van der Waals surface area (Å²) in [7, 11) is 0. The Morgan fingerprint density at radius 3 is 2.92 bits per heavy atom. The van der Waals surface area contributed by atoms with Crippen LogP contribution >= 0.6 is 0 Å². The molecule has 2 aromatic heterocycles. The monoisotopic (exact) mass is 323 g/mol. The van der Waals surface area contributed by atoms with E-state index in [0.29, 0.717) is 22.9 Å². The SMILES string of the molecule is O=C(O)c1c[nH]c2ccc(Oc3ccnc(CNC4CC4)c3)cc12. The van der Waals surface area contributed by atoms with Gasteiger partial charge in [0.15, 0.2) is 0 Å². The number of aromatic nitrogens is 2. The molecule has 3 N–H and O–H groups in total. The minimum Gasteiger partial charge on any atom is -0.478 e. The summed E-state index contributed by atoms with van der Waals surface area (Å²) >= 11 is 0. The number of benzene rings is 1. The predicted molar refractivity (Wildman–Crippen MR) is 89.4 cm³/mol. The van der Waals surface area contributed by atoms with Crippen molar-refractivity contribution in [2.75, 3.05) is 0 Å². The van der Waals surface area contributed by atoms with Crippen molar-refractivity contribution in [1.82, 2.24) is 15.3 Å². The van der Waals surface area contributed by atoms with E-state index in [1.807, 2.05) is 18.2 Å². The van der Waals surface area contributed by atoms with E-state index in [2.05, 4.69) is 15.3 Å². The van der Waals surface area contributed by atoms with E-state index < -0.39 is 5.97 Å². The lowest BCUT2D eigenvalue weighted by molar-refractivity contribution is 0.0699. The topological polar surface area (TPSA) is 87.2 Å². The van der Waals surface area contributed by atoms with E-state index in [4.69, 9.17) is 4.74 Å². The first kappa shape index (κ1) is 14.7. The highest BCUT2D eigenvalue weighted by molar-refractivity contribution is 6.03. The first-order chi connectivity index (χ1) is 11.7. The quantitative estimate of drug-likeness (QED) is 0.648. The van der Waals surface area contributed by atoms with Crippen molar-refractivity contribution in [3.05, 3.63) is 54.0 Å². The van der Waals surface area contributed by atoms with Gasteiger partial charge in [0.25, 0.3) is 0 Å². The number of aromatic carboxylic acids is 1. The molecule has 2 heterocycles. The fourth-order valence-electron chi connectivity index (χ4n) is 2.63. The third-order valence-electron chi connectivity index (χ3n) is 4.06. The highest BCUT2D eigenvalue weighted by Gasteiger charge is 2.20. The Balaban J connectivity index is 1.55. The fourth-order valence-corrected chi connectivity index (χ4v) is 2.63. The number of nitrogens with one attached hydrogen (secondary N) is 2. The molecule has 6 nitrogen and oxygen atoms in total. The van der Waals surface area contributed by atoms with Gasteiger partial charge in [0.1, 0.15) is 11.5 Å². The molecule has 0 unspecified atom stereocenters. The molecule has 0 saturated heterocycles. The van der Waals surface area contributed by atoms with Crippen LogP contribution in [0.5, 0.6) is 11.5 Å². The van der Waals surface area contributed by atoms with Crippen molar-refractivity contribution in [1.29, 1.82) is 0 Å². The number of nitrogens with zero attached hydrogens (tertiary/aromatic N) is 1. The normalized spacial score (nSPS) is 14.0. The zero-order chi connectivity index (χ0) is 16.5. The first-order valence-corrected chi connectivity index (χ1v) is 7.89. The van der Waals surface area contributed by atoms with Gasteiger partial charge in [-0.2, -0.15) is 0 Å². The molecule has 1 fully saturated rings. The molecule has 0 spiro atoms. The van der Waals surface area contributed by atoms with Crippen molar-refractivity contribution >= 4 is 16.9 Å². The Morgan fingerprint density at radius 2 is 2.12 bits per heavy atom. The van der Waals surface area contributed by atoms with Crippen LogP contribution in [0.4, 0.5) is 0 Å². The van der Waals surface area contributed by atoms with Gasteiger partial charge in [0.2, 0.25) is 0 Å². The first-order valence-electron chi connectivity index (χ1n) is 7.89. The minimum absolute atomic E-state index is 0.236. The molecule has 0 atom stereocenters. The Kier molecular flexibility index (Phi) is 3.66. The molecule has 0 bridgehead atoms. The van der Waals surface area contributed by atoms with Crippen LogP contribution < -0.4 is 10.1 Å². The van der Waals surface area contributed by atoms with E-state index in [0.717, 1.165) is 17.8 Å². The molecular weight excluding hydrogens is 306 g/mol. The summed E-state index contributed by atoms with van der Waals surface area (Å²) in [6, 6.07) is 9.68. The highest BCUT2D eigenvalue weighted by Crippen LogP contribution is 2.28. The lowest BCUT2D eigenvalue weighted by atomic mass is 10.1. The van der Waals surface area contributed by atoms with E-state index in [9.17, 15) is 9.90 Å². The van der Waals surface area contributed by atoms with Crippen LogP contribution in [0.3, 0.4) is 0 Å². The molecule has 4 rings (SSSR count). The molecule has 1 aliphatic rings. The molecule has 1 aromatic carbocycles. The lowest BCUT2D eigenvalue weighted by Crippen LogP contribution is -2.16. The number of hydrogen-bond acceptors (Lipinski definition) is 4. The van der Waals surface area contributed by atoms with Crippen molar-refractivity contribution in [3.63, 3.8) is 0 Å². The number of carbonyl (C=O) groups is 1. The predicted octanol–water partition coefficient (Wildman–Crippen LogP) is 3.31. The zero-order valence-corrected chi connectivity index (χ0v) is 13.0. The molecule has 6 heteroatoms. The number of fused-ring (bicyclic) bond motifs is 1. The van der Waals surface area contributed by atoms with Gasteiger partial charge in [-0.15, -0.1) is 0 Å². The summed E-state index contributed by atoms with van der Waals surface area (Å²) in [5.41, 5.74) is 1.93. The summed E-state index contributed by atoms with van der Waals surface area (Å²) in [6.45, 7) is 0.724. The Labute approximate surface area is 138 Å². The van der Waals surface area contributed by atoms with E-state index in [1.54, 1.807) is 18.3 Å². The molecule has 0 aliphatic heterocycles. The van der Waals surface area contributed by atoms with Gasteiger partial charge in [-0.3, -0.25) is 4.98 Å². The Bertz CT molecular complexity index is 899. The average molecular weight is 323 g/mol. The van der Waals surface area contributed by atoms with Crippen LogP contribution in [0.2, 0.25) is 0 Å². The Morgan fingerprint density at radius 1 is 1.29 bits per heavy atom. The fraction of sp³-hybridized carbons (Fsp3) is 0.222. The molecule has 1 aliphatic carbocycles. The number of ether oxygens (including phenoxy) is 1. The lowest BCUT2D eigenvalue weighted by Gasteiger charge is -2.08. The number of rotatable bonds is 6. The number of H-pyrrole nitrogens is 1.